The predicted octanol–water partition coefficient (Wildman–Crippen LogP) is 1.40. The molecular weight excluding hydrogens is 244 g/mol. The van der Waals surface area contributed by atoms with Gasteiger partial charge >= 0.3 is 0 Å². The fourth-order valence-electron chi connectivity index (χ4n) is 1.96. The molecule has 19 heavy (non-hydrogen) atoms. The van der Waals surface area contributed by atoms with E-state index < -0.39 is 0 Å². The molecular formula is C13H24N4O2. The Kier molecular flexibility index (Phi) is 6.69. The van der Waals surface area contributed by atoms with Gasteiger partial charge in [0.15, 0.2) is 0 Å². The number of anilines is 1. The number of aromatic nitrogens is 2. The fraction of sp³-hybridized carbons (Fsp3) is 0.692. The minimum absolute atomic E-state index is 0.332. The first-order valence-corrected chi connectivity index (χ1v) is 6.50. The molecule has 108 valence electrons. The van der Waals surface area contributed by atoms with Gasteiger partial charge in [-0.3, -0.25) is 0 Å². The first kappa shape index (κ1) is 15.8. The van der Waals surface area contributed by atoms with Gasteiger partial charge in [0.25, 0.3) is 0 Å². The zero-order chi connectivity index (χ0) is 14.3. The van der Waals surface area contributed by atoms with Crippen molar-refractivity contribution in [3.05, 3.63) is 17.1 Å². The molecule has 6 nitrogen and oxygen atoms in total. The average molecular weight is 268 g/mol. The molecule has 0 aliphatic rings. The molecule has 0 bridgehead atoms. The van der Waals surface area contributed by atoms with Gasteiger partial charge in [-0.1, -0.05) is 13.8 Å². The largest absolute Gasteiger partial charge is 0.382 e. The lowest BCUT2D eigenvalue weighted by Crippen LogP contribution is -2.16. The molecule has 0 unspecified atom stereocenters. The van der Waals surface area contributed by atoms with Crippen LogP contribution in [0.5, 0.6) is 0 Å². The van der Waals surface area contributed by atoms with Crippen molar-refractivity contribution in [3.8, 4) is 0 Å². The van der Waals surface area contributed by atoms with Crippen LogP contribution in [0.15, 0.2) is 0 Å². The highest BCUT2D eigenvalue weighted by Gasteiger charge is 2.13. The minimum atomic E-state index is 0.332. The van der Waals surface area contributed by atoms with E-state index in [9.17, 15) is 0 Å². The van der Waals surface area contributed by atoms with E-state index in [0.717, 1.165) is 17.1 Å². The number of ether oxygens (including phenoxy) is 2. The third kappa shape index (κ3) is 4.74. The van der Waals surface area contributed by atoms with Gasteiger partial charge in [-0.05, 0) is 12.8 Å². The molecule has 0 fully saturated rings. The lowest BCUT2D eigenvalue weighted by molar-refractivity contribution is 0.0716. The summed E-state index contributed by atoms with van der Waals surface area (Å²) in [4.78, 5) is 8.94. The highest BCUT2D eigenvalue weighted by molar-refractivity contribution is 5.47. The minimum Gasteiger partial charge on any atom is -0.382 e. The van der Waals surface area contributed by atoms with E-state index in [0.29, 0.717) is 38.0 Å². The number of nitrogens with one attached hydrogen (secondary N) is 1. The maximum atomic E-state index is 5.53. The van der Waals surface area contributed by atoms with Crippen LogP contribution < -0.4 is 11.3 Å². The second-order valence-corrected chi connectivity index (χ2v) is 4.64. The second-order valence-electron chi connectivity index (χ2n) is 4.64. The van der Waals surface area contributed by atoms with Crippen LogP contribution in [0, 0.1) is 6.92 Å². The van der Waals surface area contributed by atoms with Crippen LogP contribution in [0.4, 0.5) is 5.82 Å². The first-order chi connectivity index (χ1) is 9.10. The van der Waals surface area contributed by atoms with Gasteiger partial charge in [-0.2, -0.15) is 0 Å². The molecule has 1 aromatic rings. The Balaban J connectivity index is 2.68. The Morgan fingerprint density at radius 2 is 1.95 bits per heavy atom. The van der Waals surface area contributed by atoms with Crippen molar-refractivity contribution in [2.45, 2.75) is 33.1 Å². The van der Waals surface area contributed by atoms with E-state index in [-0.39, 0.29) is 0 Å². The summed E-state index contributed by atoms with van der Waals surface area (Å²) in [6.07, 6.45) is 0.664. The summed E-state index contributed by atoms with van der Waals surface area (Å²) in [6.45, 7) is 7.93. The van der Waals surface area contributed by atoms with Crippen molar-refractivity contribution >= 4 is 5.82 Å². The first-order valence-electron chi connectivity index (χ1n) is 6.50. The van der Waals surface area contributed by atoms with Gasteiger partial charge in [0.05, 0.1) is 19.8 Å². The smallest absolute Gasteiger partial charge is 0.147 e. The fourth-order valence-corrected chi connectivity index (χ4v) is 1.96. The number of nitrogen functional groups attached to an aromatic ring is 1. The summed E-state index contributed by atoms with van der Waals surface area (Å²) in [6, 6.07) is 0. The van der Waals surface area contributed by atoms with Gasteiger partial charge in [-0.15, -0.1) is 0 Å². The zero-order valence-electron chi connectivity index (χ0n) is 12.2. The number of aryl methyl sites for hydroxylation is 1. The zero-order valence-corrected chi connectivity index (χ0v) is 12.2. The van der Waals surface area contributed by atoms with Crippen LogP contribution in [-0.4, -0.2) is 36.9 Å². The monoisotopic (exact) mass is 268 g/mol. The molecule has 0 aliphatic carbocycles. The standard InChI is InChI=1S/C13H24N4O2/c1-9(2)12-10(3)15-11(16-13(12)17-14)5-6-19-8-7-18-4/h9H,5-8,14H2,1-4H3,(H,15,16,17). The third-order valence-corrected chi connectivity index (χ3v) is 2.80. The number of rotatable bonds is 8. The van der Waals surface area contributed by atoms with E-state index >= 15 is 0 Å². The normalized spacial score (nSPS) is 11.1. The van der Waals surface area contributed by atoms with E-state index in [1.54, 1.807) is 7.11 Å². The molecule has 1 heterocycles. The number of hydrogen-bond donors (Lipinski definition) is 2. The Hall–Kier alpha value is -1.24. The third-order valence-electron chi connectivity index (χ3n) is 2.80. The Morgan fingerprint density at radius 1 is 1.21 bits per heavy atom. The number of nitrogens with two attached hydrogens (primary N) is 1. The lowest BCUT2D eigenvalue weighted by Gasteiger charge is -2.15. The quantitative estimate of drug-likeness (QED) is 0.421. The van der Waals surface area contributed by atoms with Crippen LogP contribution in [0.25, 0.3) is 0 Å². The summed E-state index contributed by atoms with van der Waals surface area (Å²) < 4.78 is 10.3. The van der Waals surface area contributed by atoms with Gasteiger partial charge in [0.1, 0.15) is 11.6 Å². The summed E-state index contributed by atoms with van der Waals surface area (Å²) in [5.41, 5.74) is 4.68. The van der Waals surface area contributed by atoms with Gasteiger partial charge < -0.3 is 14.9 Å². The molecule has 0 atom stereocenters. The van der Waals surface area contributed by atoms with Crippen molar-refractivity contribution in [3.63, 3.8) is 0 Å². The molecule has 3 N–H and O–H groups in total. The van der Waals surface area contributed by atoms with Crippen LogP contribution in [-0.2, 0) is 15.9 Å². The summed E-state index contributed by atoms with van der Waals surface area (Å²) in [5, 5.41) is 0. The molecule has 1 rings (SSSR count). The lowest BCUT2D eigenvalue weighted by atomic mass is 10.0. The molecule has 0 saturated carbocycles. The number of hydrogen-bond acceptors (Lipinski definition) is 6. The molecule has 1 aromatic heterocycles. The summed E-state index contributed by atoms with van der Waals surface area (Å²) in [7, 11) is 1.65. The van der Waals surface area contributed by atoms with Crippen molar-refractivity contribution in [1.82, 2.24) is 9.97 Å². The van der Waals surface area contributed by atoms with Gasteiger partial charge in [-0.25, -0.2) is 15.8 Å². The van der Waals surface area contributed by atoms with E-state index in [2.05, 4.69) is 29.2 Å². The molecule has 0 aromatic carbocycles. The van der Waals surface area contributed by atoms with Crippen molar-refractivity contribution < 1.29 is 9.47 Å². The molecule has 0 amide bonds. The van der Waals surface area contributed by atoms with Gasteiger partial charge in [0.2, 0.25) is 0 Å². The van der Waals surface area contributed by atoms with E-state index in [1.807, 2.05) is 6.92 Å². The highest BCUT2D eigenvalue weighted by atomic mass is 16.5. The molecule has 0 radical (unpaired) electrons. The maximum Gasteiger partial charge on any atom is 0.147 e. The van der Waals surface area contributed by atoms with Crippen LogP contribution in [0.3, 0.4) is 0 Å². The highest BCUT2D eigenvalue weighted by Crippen LogP contribution is 2.24. The topological polar surface area (TPSA) is 82.3 Å². The second kappa shape index (κ2) is 8.04. The van der Waals surface area contributed by atoms with Crippen LogP contribution in [0.2, 0.25) is 0 Å². The SMILES string of the molecule is COCCOCCc1nc(C)c(C(C)C)c(NN)n1. The van der Waals surface area contributed by atoms with Crippen molar-refractivity contribution in [1.29, 1.82) is 0 Å². The van der Waals surface area contributed by atoms with Crippen LogP contribution >= 0.6 is 0 Å². The van der Waals surface area contributed by atoms with E-state index in [4.69, 9.17) is 15.3 Å². The van der Waals surface area contributed by atoms with Gasteiger partial charge in [0, 0.05) is 24.8 Å². The van der Waals surface area contributed by atoms with Crippen molar-refractivity contribution in [2.24, 2.45) is 5.84 Å². The average Bonchev–Trinajstić information content (AvgIpc) is 2.37. The molecule has 0 spiro atoms. The van der Waals surface area contributed by atoms with E-state index in [1.165, 1.54) is 0 Å². The summed E-state index contributed by atoms with van der Waals surface area (Å²) in [5.74, 6) is 7.31. The molecule has 6 heteroatoms. The van der Waals surface area contributed by atoms with Crippen LogP contribution in [0.1, 0.15) is 36.8 Å². The number of hydrazine groups is 1. The number of methoxy groups -OCH3 is 1. The Bertz CT molecular complexity index is 396. The van der Waals surface area contributed by atoms with Crippen molar-refractivity contribution in [2.75, 3.05) is 32.4 Å². The summed E-state index contributed by atoms with van der Waals surface area (Å²) >= 11 is 0. The predicted molar refractivity (Wildman–Crippen MR) is 75.1 cm³/mol. The maximum absolute atomic E-state index is 5.53. The Morgan fingerprint density at radius 3 is 2.53 bits per heavy atom. The Labute approximate surface area is 114 Å². The number of nitrogens with zero attached hydrogens (tertiary/aromatic N) is 2. The molecule has 0 aliphatic heterocycles. The molecule has 0 saturated heterocycles.